The summed E-state index contributed by atoms with van der Waals surface area (Å²) < 4.78 is 6.60. The van der Waals surface area contributed by atoms with Crippen molar-refractivity contribution in [1.82, 2.24) is 25.2 Å². The first-order valence-electron chi connectivity index (χ1n) is 5.58. The zero-order valence-corrected chi connectivity index (χ0v) is 9.66. The highest BCUT2D eigenvalue weighted by Gasteiger charge is 2.44. The number of hydrogen-bond donors (Lipinski definition) is 4. The van der Waals surface area contributed by atoms with E-state index in [1.807, 2.05) is 0 Å². The maximum absolute atomic E-state index is 9.92. The standard InChI is InChI=1S/C9H12N6O4/c10-7-3-1-11-15(8(3)13-14-12-7)9-6(18)5(17)4(2-16)19-9/h1,4-6,9,16-18H,2H2,(H2,10,12,13). The Balaban J connectivity index is 2.04. The van der Waals surface area contributed by atoms with E-state index in [0.29, 0.717) is 5.39 Å². The SMILES string of the molecule is Nc1nnnc2c1cnn2C1OC(CO)C(O)C1O. The van der Waals surface area contributed by atoms with Gasteiger partial charge in [-0.05, 0) is 5.21 Å². The lowest BCUT2D eigenvalue weighted by Gasteiger charge is -2.15. The summed E-state index contributed by atoms with van der Waals surface area (Å²) in [5.74, 6) is 0.156. The molecule has 1 saturated heterocycles. The average molecular weight is 268 g/mol. The van der Waals surface area contributed by atoms with Crippen LogP contribution in [0.5, 0.6) is 0 Å². The van der Waals surface area contributed by atoms with Gasteiger partial charge in [0.15, 0.2) is 17.7 Å². The summed E-state index contributed by atoms with van der Waals surface area (Å²) in [5, 5.41) is 44.0. The fourth-order valence-electron chi connectivity index (χ4n) is 2.07. The third kappa shape index (κ3) is 1.73. The Morgan fingerprint density at radius 2 is 2.11 bits per heavy atom. The molecule has 1 aliphatic rings. The summed E-state index contributed by atoms with van der Waals surface area (Å²) >= 11 is 0. The number of fused-ring (bicyclic) bond motifs is 1. The van der Waals surface area contributed by atoms with Crippen molar-refractivity contribution in [2.45, 2.75) is 24.5 Å². The lowest BCUT2D eigenvalue weighted by molar-refractivity contribution is -0.0567. The number of ether oxygens (including phenoxy) is 1. The number of hydrogen-bond acceptors (Lipinski definition) is 9. The predicted octanol–water partition coefficient (Wildman–Crippen LogP) is -2.58. The van der Waals surface area contributed by atoms with Gasteiger partial charge in [0.2, 0.25) is 0 Å². The number of rotatable bonds is 2. The van der Waals surface area contributed by atoms with E-state index in [1.165, 1.54) is 10.9 Å². The molecule has 2 aromatic rings. The van der Waals surface area contributed by atoms with Crippen molar-refractivity contribution in [2.75, 3.05) is 12.3 Å². The summed E-state index contributed by atoms with van der Waals surface area (Å²) in [4.78, 5) is 0. The summed E-state index contributed by atoms with van der Waals surface area (Å²) in [6, 6.07) is 0. The summed E-state index contributed by atoms with van der Waals surface area (Å²) in [7, 11) is 0. The minimum Gasteiger partial charge on any atom is -0.394 e. The van der Waals surface area contributed by atoms with Crippen molar-refractivity contribution >= 4 is 16.9 Å². The molecule has 0 bridgehead atoms. The first kappa shape index (κ1) is 12.2. The van der Waals surface area contributed by atoms with Crippen molar-refractivity contribution in [3.05, 3.63) is 6.20 Å². The van der Waals surface area contributed by atoms with Gasteiger partial charge in [0.25, 0.3) is 0 Å². The normalized spacial score (nSPS) is 31.1. The maximum Gasteiger partial charge on any atom is 0.188 e. The van der Waals surface area contributed by atoms with E-state index in [2.05, 4.69) is 20.5 Å². The average Bonchev–Trinajstić information content (AvgIpc) is 2.94. The van der Waals surface area contributed by atoms with Gasteiger partial charge in [-0.2, -0.15) is 5.10 Å². The topological polar surface area (TPSA) is 152 Å². The Morgan fingerprint density at radius 1 is 1.32 bits per heavy atom. The van der Waals surface area contributed by atoms with Gasteiger partial charge in [0.05, 0.1) is 18.2 Å². The second-order valence-corrected chi connectivity index (χ2v) is 4.23. The first-order valence-corrected chi connectivity index (χ1v) is 5.58. The number of anilines is 1. The minimum absolute atomic E-state index is 0.156. The molecule has 10 heteroatoms. The maximum atomic E-state index is 9.92. The Kier molecular flexibility index (Phi) is 2.78. The number of aliphatic hydroxyl groups is 3. The van der Waals surface area contributed by atoms with Crippen molar-refractivity contribution in [3.63, 3.8) is 0 Å². The molecule has 10 nitrogen and oxygen atoms in total. The molecule has 3 rings (SSSR count). The molecular weight excluding hydrogens is 256 g/mol. The Morgan fingerprint density at radius 3 is 2.79 bits per heavy atom. The molecule has 0 spiro atoms. The van der Waals surface area contributed by atoms with Crippen molar-refractivity contribution in [3.8, 4) is 0 Å². The Labute approximate surface area is 106 Å². The molecule has 3 heterocycles. The van der Waals surface area contributed by atoms with E-state index in [-0.39, 0.29) is 11.5 Å². The van der Waals surface area contributed by atoms with Crippen LogP contribution in [0.4, 0.5) is 5.82 Å². The molecule has 1 fully saturated rings. The predicted molar refractivity (Wildman–Crippen MR) is 60.5 cm³/mol. The van der Waals surface area contributed by atoms with Gasteiger partial charge in [-0.3, -0.25) is 0 Å². The fraction of sp³-hybridized carbons (Fsp3) is 0.556. The summed E-state index contributed by atoms with van der Waals surface area (Å²) in [6.45, 7) is -0.413. The number of aliphatic hydroxyl groups excluding tert-OH is 3. The van der Waals surface area contributed by atoms with E-state index in [4.69, 9.17) is 15.6 Å². The minimum atomic E-state index is -1.24. The van der Waals surface area contributed by atoms with Gasteiger partial charge >= 0.3 is 0 Å². The molecule has 102 valence electrons. The molecule has 4 unspecified atom stereocenters. The van der Waals surface area contributed by atoms with Gasteiger partial charge in [0.1, 0.15) is 18.3 Å². The molecule has 0 aromatic carbocycles. The van der Waals surface area contributed by atoms with Gasteiger partial charge in [-0.15, -0.1) is 10.2 Å². The van der Waals surface area contributed by atoms with Crippen LogP contribution >= 0.6 is 0 Å². The van der Waals surface area contributed by atoms with Crippen molar-refractivity contribution in [1.29, 1.82) is 0 Å². The molecule has 1 aliphatic heterocycles. The Hall–Kier alpha value is -1.88. The smallest absolute Gasteiger partial charge is 0.188 e. The highest BCUT2D eigenvalue weighted by Crippen LogP contribution is 2.31. The zero-order chi connectivity index (χ0) is 13.6. The van der Waals surface area contributed by atoms with Crippen molar-refractivity contribution in [2.24, 2.45) is 0 Å². The first-order chi connectivity index (χ1) is 9.13. The van der Waals surface area contributed by atoms with Crippen LogP contribution < -0.4 is 5.73 Å². The number of nitrogen functional groups attached to an aromatic ring is 1. The highest BCUT2D eigenvalue weighted by molar-refractivity contribution is 5.84. The molecule has 4 atom stereocenters. The molecule has 0 radical (unpaired) electrons. The third-order valence-corrected chi connectivity index (χ3v) is 3.10. The van der Waals surface area contributed by atoms with Gasteiger partial charge in [0, 0.05) is 0 Å². The molecule has 2 aromatic heterocycles. The van der Waals surface area contributed by atoms with Crippen LogP contribution in [0.1, 0.15) is 6.23 Å². The molecular formula is C9H12N6O4. The van der Waals surface area contributed by atoms with E-state index >= 15 is 0 Å². The number of nitrogens with zero attached hydrogens (tertiary/aromatic N) is 5. The third-order valence-electron chi connectivity index (χ3n) is 3.10. The van der Waals surface area contributed by atoms with Crippen molar-refractivity contribution < 1.29 is 20.1 Å². The van der Waals surface area contributed by atoms with E-state index in [0.717, 1.165) is 0 Å². The van der Waals surface area contributed by atoms with Crippen LogP contribution in [0.25, 0.3) is 11.0 Å². The van der Waals surface area contributed by atoms with Crippen LogP contribution in [-0.2, 0) is 4.74 Å². The highest BCUT2D eigenvalue weighted by atomic mass is 16.6. The molecule has 5 N–H and O–H groups in total. The summed E-state index contributed by atoms with van der Waals surface area (Å²) in [6.07, 6.45) is -2.88. The molecule has 0 aliphatic carbocycles. The van der Waals surface area contributed by atoms with Crippen LogP contribution in [0, 0.1) is 0 Å². The largest absolute Gasteiger partial charge is 0.394 e. The van der Waals surface area contributed by atoms with E-state index in [9.17, 15) is 10.2 Å². The zero-order valence-electron chi connectivity index (χ0n) is 9.66. The Bertz CT molecular complexity index is 603. The second-order valence-electron chi connectivity index (χ2n) is 4.23. The monoisotopic (exact) mass is 268 g/mol. The fourth-order valence-corrected chi connectivity index (χ4v) is 2.07. The lowest BCUT2D eigenvalue weighted by atomic mass is 10.1. The van der Waals surface area contributed by atoms with Crippen LogP contribution in [0.3, 0.4) is 0 Å². The summed E-state index contributed by atoms with van der Waals surface area (Å²) in [5.41, 5.74) is 5.90. The molecule has 0 amide bonds. The van der Waals surface area contributed by atoms with Crippen LogP contribution in [0.2, 0.25) is 0 Å². The van der Waals surface area contributed by atoms with Gasteiger partial charge in [-0.25, -0.2) is 4.68 Å². The second kappa shape index (κ2) is 4.35. The molecule has 19 heavy (non-hydrogen) atoms. The van der Waals surface area contributed by atoms with Gasteiger partial charge < -0.3 is 25.8 Å². The molecule has 0 saturated carbocycles. The van der Waals surface area contributed by atoms with Crippen LogP contribution in [0.15, 0.2) is 6.20 Å². The van der Waals surface area contributed by atoms with Gasteiger partial charge in [-0.1, -0.05) is 0 Å². The van der Waals surface area contributed by atoms with Crippen LogP contribution in [-0.4, -0.2) is 65.4 Å². The lowest BCUT2D eigenvalue weighted by Crippen LogP contribution is -2.33. The number of aromatic nitrogens is 5. The van der Waals surface area contributed by atoms with E-state index in [1.54, 1.807) is 0 Å². The van der Waals surface area contributed by atoms with E-state index < -0.39 is 31.1 Å². The number of nitrogens with two attached hydrogens (primary N) is 1. The quantitative estimate of drug-likeness (QED) is 0.459.